The maximum atomic E-state index is 5.61. The summed E-state index contributed by atoms with van der Waals surface area (Å²) in [4.78, 5) is 0. The molecule has 0 saturated carbocycles. The molecule has 0 amide bonds. The molecule has 0 unspecified atom stereocenters. The number of nitrogens with two attached hydrogens (primary N) is 1. The SMILES string of the molecule is CCN(N)CNCc1ccccc1. The van der Waals surface area contributed by atoms with Gasteiger partial charge in [-0.1, -0.05) is 37.3 Å². The highest BCUT2D eigenvalue weighted by Gasteiger charge is 1.93. The summed E-state index contributed by atoms with van der Waals surface area (Å²) >= 11 is 0. The van der Waals surface area contributed by atoms with Crippen LogP contribution in [0.3, 0.4) is 0 Å². The summed E-state index contributed by atoms with van der Waals surface area (Å²) in [5, 5.41) is 4.99. The van der Waals surface area contributed by atoms with Crippen LogP contribution in [-0.4, -0.2) is 18.2 Å². The van der Waals surface area contributed by atoms with Gasteiger partial charge in [-0.2, -0.15) is 0 Å². The van der Waals surface area contributed by atoms with Crippen LogP contribution < -0.4 is 11.2 Å². The van der Waals surface area contributed by atoms with E-state index in [0.29, 0.717) is 0 Å². The number of hydrogen-bond donors (Lipinski definition) is 2. The predicted molar refractivity (Wildman–Crippen MR) is 54.7 cm³/mol. The molecule has 13 heavy (non-hydrogen) atoms. The monoisotopic (exact) mass is 179 g/mol. The van der Waals surface area contributed by atoms with E-state index < -0.39 is 0 Å². The van der Waals surface area contributed by atoms with Gasteiger partial charge in [0.1, 0.15) is 0 Å². The third kappa shape index (κ3) is 4.03. The van der Waals surface area contributed by atoms with Crippen LogP contribution in [0.5, 0.6) is 0 Å². The number of nitrogens with one attached hydrogen (secondary N) is 1. The van der Waals surface area contributed by atoms with Crippen LogP contribution in [0.4, 0.5) is 0 Å². The molecule has 0 aliphatic carbocycles. The van der Waals surface area contributed by atoms with Crippen molar-refractivity contribution in [2.75, 3.05) is 13.2 Å². The molecule has 0 aliphatic rings. The molecule has 3 N–H and O–H groups in total. The second-order valence-electron chi connectivity index (χ2n) is 2.98. The van der Waals surface area contributed by atoms with Gasteiger partial charge in [-0.05, 0) is 5.56 Å². The number of benzene rings is 1. The van der Waals surface area contributed by atoms with Crippen LogP contribution in [-0.2, 0) is 6.54 Å². The molecule has 0 fully saturated rings. The van der Waals surface area contributed by atoms with Gasteiger partial charge < -0.3 is 0 Å². The van der Waals surface area contributed by atoms with Gasteiger partial charge in [0.15, 0.2) is 0 Å². The number of hydrazine groups is 1. The van der Waals surface area contributed by atoms with E-state index in [4.69, 9.17) is 5.84 Å². The minimum absolute atomic E-state index is 0.728. The van der Waals surface area contributed by atoms with Crippen molar-refractivity contribution in [3.63, 3.8) is 0 Å². The van der Waals surface area contributed by atoms with E-state index in [9.17, 15) is 0 Å². The lowest BCUT2D eigenvalue weighted by Gasteiger charge is -2.14. The quantitative estimate of drug-likeness (QED) is 0.401. The zero-order valence-corrected chi connectivity index (χ0v) is 8.03. The molecular weight excluding hydrogens is 162 g/mol. The summed E-state index contributed by atoms with van der Waals surface area (Å²) in [5.74, 6) is 5.61. The molecule has 3 nitrogen and oxygen atoms in total. The Bertz CT molecular complexity index is 223. The van der Waals surface area contributed by atoms with Crippen molar-refractivity contribution in [2.45, 2.75) is 13.5 Å². The Balaban J connectivity index is 2.20. The van der Waals surface area contributed by atoms with E-state index in [0.717, 1.165) is 19.8 Å². The zero-order valence-electron chi connectivity index (χ0n) is 8.03. The maximum absolute atomic E-state index is 5.61. The number of hydrogen-bond acceptors (Lipinski definition) is 3. The highest BCUT2D eigenvalue weighted by molar-refractivity contribution is 5.14. The van der Waals surface area contributed by atoms with E-state index in [1.807, 2.05) is 25.1 Å². The average Bonchev–Trinajstić information content (AvgIpc) is 2.19. The molecule has 1 aromatic carbocycles. The van der Waals surface area contributed by atoms with Crippen molar-refractivity contribution in [3.8, 4) is 0 Å². The van der Waals surface area contributed by atoms with Crippen molar-refractivity contribution < 1.29 is 0 Å². The van der Waals surface area contributed by atoms with Crippen molar-refractivity contribution in [3.05, 3.63) is 35.9 Å². The number of rotatable bonds is 5. The first kappa shape index (κ1) is 10.2. The molecule has 0 saturated heterocycles. The topological polar surface area (TPSA) is 41.3 Å². The third-order valence-corrected chi connectivity index (χ3v) is 1.89. The second kappa shape index (κ2) is 5.70. The van der Waals surface area contributed by atoms with Gasteiger partial charge in [0.05, 0.1) is 6.67 Å². The molecule has 0 spiro atoms. The van der Waals surface area contributed by atoms with E-state index in [1.165, 1.54) is 5.56 Å². The molecule has 3 heteroatoms. The smallest absolute Gasteiger partial charge is 0.0620 e. The Kier molecular flexibility index (Phi) is 4.46. The van der Waals surface area contributed by atoms with Crippen LogP contribution in [0, 0.1) is 0 Å². The van der Waals surface area contributed by atoms with E-state index in [-0.39, 0.29) is 0 Å². The van der Waals surface area contributed by atoms with Gasteiger partial charge >= 0.3 is 0 Å². The van der Waals surface area contributed by atoms with E-state index in [2.05, 4.69) is 17.4 Å². The first-order valence-corrected chi connectivity index (χ1v) is 4.57. The molecule has 0 bridgehead atoms. The summed E-state index contributed by atoms with van der Waals surface area (Å²) in [5.41, 5.74) is 1.28. The standard InChI is InChI=1S/C10H17N3/c1-2-13(11)9-12-8-10-6-4-3-5-7-10/h3-7,12H,2,8-9,11H2,1H3. The fourth-order valence-corrected chi connectivity index (χ4v) is 1.05. The Hall–Kier alpha value is -0.900. The van der Waals surface area contributed by atoms with Crippen LogP contribution in [0.2, 0.25) is 0 Å². The van der Waals surface area contributed by atoms with Gasteiger partial charge in [-0.3, -0.25) is 11.2 Å². The van der Waals surface area contributed by atoms with Crippen molar-refractivity contribution >= 4 is 0 Å². The third-order valence-electron chi connectivity index (χ3n) is 1.89. The molecule has 0 aliphatic heterocycles. The predicted octanol–water partition coefficient (Wildman–Crippen LogP) is 0.929. The van der Waals surface area contributed by atoms with Gasteiger partial charge in [-0.15, -0.1) is 0 Å². The Morgan fingerprint density at radius 1 is 1.31 bits per heavy atom. The first-order chi connectivity index (χ1) is 6.33. The fraction of sp³-hybridized carbons (Fsp3) is 0.400. The van der Waals surface area contributed by atoms with Crippen LogP contribution in [0.1, 0.15) is 12.5 Å². The largest absolute Gasteiger partial charge is 0.299 e. The summed E-state index contributed by atoms with van der Waals surface area (Å²) < 4.78 is 0. The van der Waals surface area contributed by atoms with Crippen LogP contribution in [0.15, 0.2) is 30.3 Å². The molecule has 0 heterocycles. The molecular formula is C10H17N3. The molecule has 1 rings (SSSR count). The Labute approximate surface area is 79.5 Å². The summed E-state index contributed by atoms with van der Waals surface area (Å²) in [6.07, 6.45) is 0. The molecule has 0 aromatic heterocycles. The highest BCUT2D eigenvalue weighted by atomic mass is 15.4. The summed E-state index contributed by atoms with van der Waals surface area (Å²) in [7, 11) is 0. The lowest BCUT2D eigenvalue weighted by molar-refractivity contribution is 0.273. The van der Waals surface area contributed by atoms with Gasteiger partial charge in [0.2, 0.25) is 0 Å². The van der Waals surface area contributed by atoms with Gasteiger partial charge in [-0.25, -0.2) is 5.01 Å². The average molecular weight is 179 g/mol. The molecule has 0 radical (unpaired) electrons. The van der Waals surface area contributed by atoms with Crippen molar-refractivity contribution in [1.82, 2.24) is 10.3 Å². The summed E-state index contributed by atoms with van der Waals surface area (Å²) in [6, 6.07) is 10.3. The Morgan fingerprint density at radius 3 is 2.62 bits per heavy atom. The lowest BCUT2D eigenvalue weighted by atomic mass is 10.2. The minimum atomic E-state index is 0.728. The van der Waals surface area contributed by atoms with Gasteiger partial charge in [0.25, 0.3) is 0 Å². The van der Waals surface area contributed by atoms with E-state index >= 15 is 0 Å². The first-order valence-electron chi connectivity index (χ1n) is 4.57. The molecule has 0 atom stereocenters. The second-order valence-corrected chi connectivity index (χ2v) is 2.98. The number of nitrogens with zero attached hydrogens (tertiary/aromatic N) is 1. The van der Waals surface area contributed by atoms with Crippen LogP contribution in [0.25, 0.3) is 0 Å². The van der Waals surface area contributed by atoms with Crippen LogP contribution >= 0.6 is 0 Å². The normalized spacial score (nSPS) is 10.7. The fourth-order valence-electron chi connectivity index (χ4n) is 1.05. The molecule has 72 valence electrons. The van der Waals surface area contributed by atoms with E-state index in [1.54, 1.807) is 5.01 Å². The van der Waals surface area contributed by atoms with Gasteiger partial charge in [0, 0.05) is 13.1 Å². The Morgan fingerprint density at radius 2 is 2.00 bits per heavy atom. The van der Waals surface area contributed by atoms with Crippen molar-refractivity contribution in [2.24, 2.45) is 5.84 Å². The molecule has 1 aromatic rings. The van der Waals surface area contributed by atoms with Crippen molar-refractivity contribution in [1.29, 1.82) is 0 Å². The zero-order chi connectivity index (χ0) is 9.52. The maximum Gasteiger partial charge on any atom is 0.0620 e. The summed E-state index contributed by atoms with van der Waals surface area (Å²) in [6.45, 7) is 4.49. The minimum Gasteiger partial charge on any atom is -0.299 e. The lowest BCUT2D eigenvalue weighted by Crippen LogP contribution is -2.38. The highest BCUT2D eigenvalue weighted by Crippen LogP contribution is 1.96.